The zero-order valence-electron chi connectivity index (χ0n) is 20.1. The Morgan fingerprint density at radius 3 is 2.51 bits per heavy atom. The third kappa shape index (κ3) is 5.17. The molecule has 0 bridgehead atoms. The number of para-hydroxylation sites is 1. The first-order chi connectivity index (χ1) is 16.5. The van der Waals surface area contributed by atoms with E-state index in [9.17, 15) is 13.2 Å². The largest absolute Gasteiger partial charge is 0.418 e. The maximum Gasteiger partial charge on any atom is 0.418 e. The number of nitrogens with two attached hydrogens (primary N) is 1. The van der Waals surface area contributed by atoms with Gasteiger partial charge in [-0.3, -0.25) is 0 Å². The number of fused-ring (bicyclic) bond motifs is 1. The van der Waals surface area contributed by atoms with Gasteiger partial charge in [0.15, 0.2) is 0 Å². The van der Waals surface area contributed by atoms with Crippen LogP contribution in [0.2, 0.25) is 0 Å². The molecule has 0 amide bonds. The minimum absolute atomic E-state index is 0.0500. The average Bonchev–Trinajstić information content (AvgIpc) is 3.14. The second-order valence-corrected chi connectivity index (χ2v) is 8.74. The molecule has 0 aliphatic heterocycles. The smallest absolute Gasteiger partial charge is 0.397 e. The molecule has 0 fully saturated rings. The molecule has 0 radical (unpaired) electrons. The van der Waals surface area contributed by atoms with Gasteiger partial charge in [0, 0.05) is 56.0 Å². The molecule has 10 heteroatoms. The molecule has 7 nitrogen and oxygen atoms in total. The fourth-order valence-corrected chi connectivity index (χ4v) is 3.98. The average molecular weight is 484 g/mol. The second-order valence-electron chi connectivity index (χ2n) is 8.74. The van der Waals surface area contributed by atoms with Crippen LogP contribution in [-0.2, 0) is 13.2 Å². The Labute approximate surface area is 202 Å². The van der Waals surface area contributed by atoms with Gasteiger partial charge in [0.05, 0.1) is 28.3 Å². The molecular weight excluding hydrogens is 455 g/mol. The van der Waals surface area contributed by atoms with Crippen LogP contribution in [0.25, 0.3) is 22.2 Å². The number of hydrogen-bond donors (Lipinski definition) is 2. The number of nitrogens with one attached hydrogen (secondary N) is 1. The third-order valence-electron chi connectivity index (χ3n) is 5.84. The summed E-state index contributed by atoms with van der Waals surface area (Å²) in [7, 11) is 7.45. The molecule has 4 rings (SSSR count). The number of nitrogens with zero attached hydrogens (tertiary/aromatic N) is 5. The molecule has 184 valence electrons. The molecule has 2 heterocycles. The van der Waals surface area contributed by atoms with E-state index < -0.39 is 11.7 Å². The van der Waals surface area contributed by atoms with Crippen LogP contribution in [0.3, 0.4) is 0 Å². The minimum Gasteiger partial charge on any atom is -0.397 e. The number of hydrogen-bond acceptors (Lipinski definition) is 6. The van der Waals surface area contributed by atoms with Crippen molar-refractivity contribution in [2.45, 2.75) is 6.18 Å². The molecule has 0 saturated carbocycles. The lowest BCUT2D eigenvalue weighted by Crippen LogP contribution is -2.29. The topological polar surface area (TPSA) is 75.2 Å². The molecule has 0 atom stereocenters. The zero-order valence-corrected chi connectivity index (χ0v) is 20.1. The van der Waals surface area contributed by atoms with Crippen molar-refractivity contribution >= 4 is 33.9 Å². The number of anilines is 4. The van der Waals surface area contributed by atoms with Gasteiger partial charge in [0.25, 0.3) is 0 Å². The molecule has 4 aromatic rings. The first-order valence-corrected chi connectivity index (χ1v) is 11.1. The summed E-state index contributed by atoms with van der Waals surface area (Å²) in [6.45, 7) is 1.20. The van der Waals surface area contributed by atoms with Gasteiger partial charge in [-0.05, 0) is 38.4 Å². The van der Waals surface area contributed by atoms with Crippen LogP contribution in [-0.4, -0.2) is 53.7 Å². The lowest BCUT2D eigenvalue weighted by molar-refractivity contribution is -0.136. The SMILES string of the molecule is CN(C)CCN(C)c1cc(C(F)(F)F)c(Nc2nccc(-c3cn(C)c4ccccc34)n2)cc1N. The predicted molar refractivity (Wildman–Crippen MR) is 135 cm³/mol. The summed E-state index contributed by atoms with van der Waals surface area (Å²) >= 11 is 0. The monoisotopic (exact) mass is 483 g/mol. The van der Waals surface area contributed by atoms with E-state index in [1.165, 1.54) is 12.3 Å². The van der Waals surface area contributed by atoms with Gasteiger partial charge >= 0.3 is 6.18 Å². The lowest BCUT2D eigenvalue weighted by Gasteiger charge is -2.25. The van der Waals surface area contributed by atoms with E-state index >= 15 is 0 Å². The second kappa shape index (κ2) is 9.46. The zero-order chi connectivity index (χ0) is 25.3. The maximum atomic E-state index is 14.0. The number of nitrogen functional groups attached to an aromatic ring is 1. The number of rotatable bonds is 7. The van der Waals surface area contributed by atoms with E-state index in [4.69, 9.17) is 5.73 Å². The van der Waals surface area contributed by atoms with Gasteiger partial charge in [-0.1, -0.05) is 18.2 Å². The van der Waals surface area contributed by atoms with E-state index in [0.717, 1.165) is 22.5 Å². The number of benzene rings is 2. The number of aryl methyl sites for hydroxylation is 1. The standard InChI is InChI=1S/C25H28F3N7/c1-33(2)11-12-34(3)23-13-18(25(26,27)28)21(14-19(23)29)32-24-30-10-9-20(31-24)17-15-35(4)22-8-6-5-7-16(17)22/h5-10,13-15H,11-12,29H2,1-4H3,(H,30,31,32). The van der Waals surface area contributed by atoms with Gasteiger partial charge in [0.2, 0.25) is 5.95 Å². The highest BCUT2D eigenvalue weighted by Crippen LogP contribution is 2.41. The van der Waals surface area contributed by atoms with Crippen LogP contribution in [0.1, 0.15) is 5.56 Å². The number of aromatic nitrogens is 3. The normalized spacial score (nSPS) is 11.9. The van der Waals surface area contributed by atoms with Crippen molar-refractivity contribution in [2.75, 3.05) is 50.2 Å². The fraction of sp³-hybridized carbons (Fsp3) is 0.280. The summed E-state index contributed by atoms with van der Waals surface area (Å²) in [5.74, 6) is 0.0500. The summed E-state index contributed by atoms with van der Waals surface area (Å²) in [6.07, 6.45) is -1.14. The summed E-state index contributed by atoms with van der Waals surface area (Å²) < 4.78 is 44.0. The molecule has 0 saturated heterocycles. The van der Waals surface area contributed by atoms with Crippen LogP contribution in [0.5, 0.6) is 0 Å². The first-order valence-electron chi connectivity index (χ1n) is 11.1. The van der Waals surface area contributed by atoms with E-state index in [1.54, 1.807) is 18.0 Å². The summed E-state index contributed by atoms with van der Waals surface area (Å²) in [5.41, 5.74) is 8.17. The van der Waals surface area contributed by atoms with Gasteiger partial charge < -0.3 is 25.4 Å². The number of likely N-dealkylation sites (N-methyl/N-ethyl adjacent to an activating group) is 2. The van der Waals surface area contributed by atoms with Crippen molar-refractivity contribution in [3.05, 3.63) is 60.4 Å². The quantitative estimate of drug-likeness (QED) is 0.361. The number of alkyl halides is 3. The van der Waals surface area contributed by atoms with Crippen LogP contribution >= 0.6 is 0 Å². The molecule has 0 spiro atoms. The minimum atomic E-state index is -4.60. The lowest BCUT2D eigenvalue weighted by atomic mass is 10.1. The summed E-state index contributed by atoms with van der Waals surface area (Å²) in [4.78, 5) is 12.3. The van der Waals surface area contributed by atoms with Gasteiger partial charge in [-0.25, -0.2) is 9.97 Å². The highest BCUT2D eigenvalue weighted by atomic mass is 19.4. The Kier molecular flexibility index (Phi) is 6.58. The van der Waals surface area contributed by atoms with Crippen molar-refractivity contribution in [2.24, 2.45) is 7.05 Å². The Morgan fingerprint density at radius 2 is 1.80 bits per heavy atom. The van der Waals surface area contributed by atoms with Crippen LogP contribution in [0.15, 0.2) is 54.9 Å². The van der Waals surface area contributed by atoms with Gasteiger partial charge in [0.1, 0.15) is 0 Å². The summed E-state index contributed by atoms with van der Waals surface area (Å²) in [6, 6.07) is 11.9. The van der Waals surface area contributed by atoms with Crippen LogP contribution in [0, 0.1) is 0 Å². The molecule has 2 aromatic carbocycles. The predicted octanol–water partition coefficient (Wildman–Crippen LogP) is 4.98. The molecule has 3 N–H and O–H groups in total. The Bertz CT molecular complexity index is 1340. The maximum absolute atomic E-state index is 14.0. The Hall–Kier alpha value is -3.79. The Morgan fingerprint density at radius 1 is 1.06 bits per heavy atom. The molecule has 0 aliphatic carbocycles. The van der Waals surface area contributed by atoms with E-state index in [1.807, 2.05) is 61.1 Å². The van der Waals surface area contributed by atoms with Crippen molar-refractivity contribution in [3.63, 3.8) is 0 Å². The van der Waals surface area contributed by atoms with E-state index in [0.29, 0.717) is 24.5 Å². The summed E-state index contributed by atoms with van der Waals surface area (Å²) in [5, 5.41) is 3.74. The fourth-order valence-electron chi connectivity index (χ4n) is 3.98. The third-order valence-corrected chi connectivity index (χ3v) is 5.84. The number of halogens is 3. The highest BCUT2D eigenvalue weighted by molar-refractivity contribution is 5.95. The van der Waals surface area contributed by atoms with Crippen molar-refractivity contribution < 1.29 is 13.2 Å². The van der Waals surface area contributed by atoms with Gasteiger partial charge in [-0.2, -0.15) is 13.2 Å². The Balaban J connectivity index is 1.70. The molecule has 0 aliphatic rings. The highest BCUT2D eigenvalue weighted by Gasteiger charge is 2.35. The van der Waals surface area contributed by atoms with Crippen LogP contribution in [0.4, 0.5) is 36.2 Å². The molecule has 0 unspecified atom stereocenters. The first kappa shape index (κ1) is 24.3. The van der Waals surface area contributed by atoms with E-state index in [-0.39, 0.29) is 17.3 Å². The molecule has 2 aromatic heterocycles. The van der Waals surface area contributed by atoms with Gasteiger partial charge in [-0.15, -0.1) is 0 Å². The van der Waals surface area contributed by atoms with Crippen molar-refractivity contribution in [1.82, 2.24) is 19.4 Å². The molecular formula is C25H28F3N7. The van der Waals surface area contributed by atoms with Crippen molar-refractivity contribution in [1.29, 1.82) is 0 Å². The van der Waals surface area contributed by atoms with E-state index in [2.05, 4.69) is 15.3 Å². The van der Waals surface area contributed by atoms with Crippen molar-refractivity contribution in [3.8, 4) is 11.3 Å². The molecule has 35 heavy (non-hydrogen) atoms. The van der Waals surface area contributed by atoms with Crippen LogP contribution < -0.4 is 16.0 Å².